The predicted molar refractivity (Wildman–Crippen MR) is 66.3 cm³/mol. The number of rotatable bonds is 3. The number of ether oxygens (including phenoxy) is 3. The van der Waals surface area contributed by atoms with Crippen LogP contribution >= 0.6 is 0 Å². The summed E-state index contributed by atoms with van der Waals surface area (Å²) in [6.07, 6.45) is 2.21. The maximum Gasteiger partial charge on any atom is 0.308 e. The van der Waals surface area contributed by atoms with E-state index in [2.05, 4.69) is 5.32 Å². The molecule has 2 rings (SSSR count). The summed E-state index contributed by atoms with van der Waals surface area (Å²) >= 11 is 0. The molecule has 104 valence electrons. The lowest BCUT2D eigenvalue weighted by Gasteiger charge is -2.32. The summed E-state index contributed by atoms with van der Waals surface area (Å²) in [6.45, 7) is 6.30. The molecule has 3 atom stereocenters. The average Bonchev–Trinajstić information content (AvgIpc) is 2.28. The minimum atomic E-state index is -0.157. The van der Waals surface area contributed by atoms with Gasteiger partial charge in [0.15, 0.2) is 0 Å². The molecule has 2 fully saturated rings. The minimum absolute atomic E-state index is 0.00667. The van der Waals surface area contributed by atoms with Crippen LogP contribution in [0, 0.1) is 0 Å². The van der Waals surface area contributed by atoms with Gasteiger partial charge >= 0.3 is 5.97 Å². The Kier molecular flexibility index (Phi) is 4.97. The third-order valence-electron chi connectivity index (χ3n) is 3.35. The molecule has 0 spiro atoms. The number of hydrogen-bond donors (Lipinski definition) is 1. The third kappa shape index (κ3) is 4.23. The highest BCUT2D eigenvalue weighted by Gasteiger charge is 2.28. The van der Waals surface area contributed by atoms with Crippen LogP contribution in [0.5, 0.6) is 0 Å². The molecule has 2 aliphatic rings. The van der Waals surface area contributed by atoms with E-state index in [9.17, 15) is 4.79 Å². The van der Waals surface area contributed by atoms with Crippen LogP contribution in [0.4, 0.5) is 0 Å². The van der Waals surface area contributed by atoms with E-state index in [0.717, 1.165) is 25.9 Å². The van der Waals surface area contributed by atoms with Crippen LogP contribution in [-0.2, 0) is 19.0 Å². The van der Waals surface area contributed by atoms with E-state index in [1.165, 1.54) is 0 Å². The molecule has 0 aromatic carbocycles. The Morgan fingerprint density at radius 3 is 2.67 bits per heavy atom. The summed E-state index contributed by atoms with van der Waals surface area (Å²) in [5.41, 5.74) is 0. The molecule has 0 radical (unpaired) electrons. The van der Waals surface area contributed by atoms with Crippen molar-refractivity contribution in [1.29, 1.82) is 0 Å². The minimum Gasteiger partial charge on any atom is -0.462 e. The lowest BCUT2D eigenvalue weighted by molar-refractivity contribution is -0.162. The fourth-order valence-corrected chi connectivity index (χ4v) is 2.61. The summed E-state index contributed by atoms with van der Waals surface area (Å²) in [6, 6.07) is 0. The van der Waals surface area contributed by atoms with Crippen LogP contribution < -0.4 is 5.32 Å². The number of carbonyl (C=O) groups excluding carboxylic acids is 1. The maximum atomic E-state index is 11.8. The number of esters is 1. The van der Waals surface area contributed by atoms with Crippen molar-refractivity contribution in [2.75, 3.05) is 19.7 Å². The van der Waals surface area contributed by atoms with Gasteiger partial charge in [0.1, 0.15) is 6.10 Å². The molecule has 2 saturated heterocycles. The average molecular weight is 257 g/mol. The van der Waals surface area contributed by atoms with Crippen molar-refractivity contribution in [3.63, 3.8) is 0 Å². The summed E-state index contributed by atoms with van der Waals surface area (Å²) in [5, 5.41) is 3.21. The Morgan fingerprint density at radius 1 is 1.33 bits per heavy atom. The van der Waals surface area contributed by atoms with Crippen molar-refractivity contribution in [2.24, 2.45) is 0 Å². The second kappa shape index (κ2) is 6.50. The molecule has 1 N–H and O–H groups in total. The van der Waals surface area contributed by atoms with Crippen molar-refractivity contribution >= 4 is 5.97 Å². The van der Waals surface area contributed by atoms with E-state index < -0.39 is 0 Å². The van der Waals surface area contributed by atoms with E-state index in [0.29, 0.717) is 13.0 Å². The molecule has 0 aromatic heterocycles. The molecular weight excluding hydrogens is 234 g/mol. The quantitative estimate of drug-likeness (QED) is 0.760. The Bertz CT molecular complexity index is 268. The highest BCUT2D eigenvalue weighted by Crippen LogP contribution is 2.22. The van der Waals surface area contributed by atoms with Gasteiger partial charge in [0, 0.05) is 25.9 Å². The third-order valence-corrected chi connectivity index (χ3v) is 3.35. The van der Waals surface area contributed by atoms with Gasteiger partial charge in [-0.2, -0.15) is 0 Å². The highest BCUT2D eigenvalue weighted by atomic mass is 16.6. The Morgan fingerprint density at radius 2 is 2.06 bits per heavy atom. The van der Waals surface area contributed by atoms with Crippen LogP contribution in [0.1, 0.15) is 33.1 Å². The largest absolute Gasteiger partial charge is 0.462 e. The lowest BCUT2D eigenvalue weighted by atomic mass is 10.0. The zero-order valence-electron chi connectivity index (χ0n) is 11.2. The summed E-state index contributed by atoms with van der Waals surface area (Å²) in [7, 11) is 0. The van der Waals surface area contributed by atoms with Gasteiger partial charge in [-0.1, -0.05) is 0 Å². The second-order valence-electron chi connectivity index (χ2n) is 5.24. The van der Waals surface area contributed by atoms with E-state index >= 15 is 0 Å². The van der Waals surface area contributed by atoms with Gasteiger partial charge in [-0.3, -0.25) is 4.79 Å². The number of hydrogen-bond acceptors (Lipinski definition) is 5. The molecule has 5 nitrogen and oxygen atoms in total. The van der Waals surface area contributed by atoms with Gasteiger partial charge in [0.25, 0.3) is 0 Å². The Hall–Kier alpha value is -0.650. The van der Waals surface area contributed by atoms with Crippen LogP contribution in [0.25, 0.3) is 0 Å². The van der Waals surface area contributed by atoms with Gasteiger partial charge in [-0.05, 0) is 13.8 Å². The van der Waals surface area contributed by atoms with Crippen LogP contribution in [0.15, 0.2) is 0 Å². The molecular formula is C13H23NO4. The molecule has 3 unspecified atom stereocenters. The van der Waals surface area contributed by atoms with Crippen molar-refractivity contribution < 1.29 is 19.0 Å². The molecule has 5 heteroatoms. The standard InChI is InChI=1S/C13H23NO4/c1-9-5-11(6-10(2)17-9)18-13(15)7-12-8-14-3-4-16-12/h9-12,14H,3-8H2,1-2H3. The molecule has 0 amide bonds. The number of morpholine rings is 1. The van der Waals surface area contributed by atoms with Gasteiger partial charge < -0.3 is 19.5 Å². The maximum absolute atomic E-state index is 11.8. The fraction of sp³-hybridized carbons (Fsp3) is 0.923. The first kappa shape index (κ1) is 13.8. The van der Waals surface area contributed by atoms with Crippen LogP contribution in [0.3, 0.4) is 0 Å². The van der Waals surface area contributed by atoms with Crippen LogP contribution in [0.2, 0.25) is 0 Å². The lowest BCUT2D eigenvalue weighted by Crippen LogP contribution is -2.41. The number of nitrogens with one attached hydrogen (secondary N) is 1. The first-order valence-corrected chi connectivity index (χ1v) is 6.80. The first-order valence-electron chi connectivity index (χ1n) is 6.80. The van der Waals surface area contributed by atoms with Gasteiger partial charge in [0.2, 0.25) is 0 Å². The molecule has 0 saturated carbocycles. The summed E-state index contributed by atoms with van der Waals surface area (Å²) in [5.74, 6) is -0.157. The van der Waals surface area contributed by atoms with Gasteiger partial charge in [-0.15, -0.1) is 0 Å². The van der Waals surface area contributed by atoms with Crippen molar-refractivity contribution in [1.82, 2.24) is 5.32 Å². The normalized spacial score (nSPS) is 37.2. The van der Waals surface area contributed by atoms with Crippen molar-refractivity contribution in [3.05, 3.63) is 0 Å². The first-order chi connectivity index (χ1) is 8.63. The molecule has 0 bridgehead atoms. The van der Waals surface area contributed by atoms with E-state index in [4.69, 9.17) is 14.2 Å². The van der Waals surface area contributed by atoms with E-state index in [-0.39, 0.29) is 30.4 Å². The zero-order chi connectivity index (χ0) is 13.0. The van der Waals surface area contributed by atoms with Gasteiger partial charge in [0.05, 0.1) is 31.3 Å². The second-order valence-corrected chi connectivity index (χ2v) is 5.24. The molecule has 2 heterocycles. The Labute approximate surface area is 108 Å². The van der Waals surface area contributed by atoms with Gasteiger partial charge in [-0.25, -0.2) is 0 Å². The molecule has 2 aliphatic heterocycles. The zero-order valence-corrected chi connectivity index (χ0v) is 11.2. The van der Waals surface area contributed by atoms with Crippen molar-refractivity contribution in [3.8, 4) is 0 Å². The summed E-state index contributed by atoms with van der Waals surface area (Å²) in [4.78, 5) is 11.8. The molecule has 18 heavy (non-hydrogen) atoms. The SMILES string of the molecule is CC1CC(OC(=O)CC2CNCCO2)CC(C)O1. The van der Waals surface area contributed by atoms with Crippen LogP contribution in [-0.4, -0.2) is 50.1 Å². The van der Waals surface area contributed by atoms with E-state index in [1.54, 1.807) is 0 Å². The molecule has 0 aromatic rings. The van der Waals surface area contributed by atoms with E-state index in [1.807, 2.05) is 13.8 Å². The number of carbonyl (C=O) groups is 1. The molecule has 0 aliphatic carbocycles. The monoisotopic (exact) mass is 257 g/mol. The fourth-order valence-electron chi connectivity index (χ4n) is 2.61. The van der Waals surface area contributed by atoms with Crippen molar-refractivity contribution in [2.45, 2.75) is 57.5 Å². The smallest absolute Gasteiger partial charge is 0.308 e. The Balaban J connectivity index is 1.72. The predicted octanol–water partition coefficient (Wildman–Crippen LogP) is 0.864. The summed E-state index contributed by atoms with van der Waals surface area (Å²) < 4.78 is 16.6. The highest BCUT2D eigenvalue weighted by molar-refractivity contribution is 5.70. The topological polar surface area (TPSA) is 56.8 Å².